The Labute approximate surface area is 133 Å². The van der Waals surface area contributed by atoms with Crippen molar-refractivity contribution in [3.63, 3.8) is 0 Å². The normalized spacial score (nSPS) is 11.8. The van der Waals surface area contributed by atoms with Gasteiger partial charge in [-0.1, -0.05) is 12.1 Å². The summed E-state index contributed by atoms with van der Waals surface area (Å²) in [4.78, 5) is 16.5. The zero-order valence-electron chi connectivity index (χ0n) is 12.3. The van der Waals surface area contributed by atoms with Gasteiger partial charge < -0.3 is 9.15 Å². The van der Waals surface area contributed by atoms with E-state index in [1.807, 2.05) is 12.1 Å². The highest BCUT2D eigenvalue weighted by Crippen LogP contribution is 2.18. The lowest BCUT2D eigenvalue weighted by atomic mass is 10.1. The topological polar surface area (TPSA) is 76.1 Å². The summed E-state index contributed by atoms with van der Waals surface area (Å²) in [5.74, 6) is -0.205. The van der Waals surface area contributed by atoms with Crippen molar-refractivity contribution in [1.29, 1.82) is 5.26 Å². The van der Waals surface area contributed by atoms with E-state index < -0.39 is 11.9 Å². The second-order valence-corrected chi connectivity index (χ2v) is 5.08. The molecule has 0 aliphatic carbocycles. The summed E-state index contributed by atoms with van der Waals surface area (Å²) >= 11 is 0. The summed E-state index contributed by atoms with van der Waals surface area (Å²) in [7, 11) is 0. The van der Waals surface area contributed by atoms with E-state index in [0.717, 1.165) is 10.9 Å². The molecule has 0 saturated carbocycles. The molecule has 0 aliphatic rings. The fourth-order valence-corrected chi connectivity index (χ4v) is 2.35. The maximum absolute atomic E-state index is 12.3. The van der Waals surface area contributed by atoms with Crippen molar-refractivity contribution in [2.75, 3.05) is 6.61 Å². The molecule has 23 heavy (non-hydrogen) atoms. The van der Waals surface area contributed by atoms with Crippen molar-refractivity contribution in [1.82, 2.24) is 4.98 Å². The van der Waals surface area contributed by atoms with Crippen molar-refractivity contribution >= 4 is 16.9 Å². The minimum atomic E-state index is -0.455. The monoisotopic (exact) mass is 306 g/mol. The van der Waals surface area contributed by atoms with Gasteiger partial charge in [0, 0.05) is 18.0 Å². The van der Waals surface area contributed by atoms with Crippen LogP contribution >= 0.6 is 0 Å². The van der Waals surface area contributed by atoms with Crippen molar-refractivity contribution in [2.24, 2.45) is 5.92 Å². The number of nitriles is 1. The van der Waals surface area contributed by atoms with Gasteiger partial charge in [-0.3, -0.25) is 4.98 Å². The Balaban J connectivity index is 1.70. The summed E-state index contributed by atoms with van der Waals surface area (Å²) in [6, 6.07) is 14.6. The molecule has 0 spiro atoms. The van der Waals surface area contributed by atoms with Crippen LogP contribution in [0.5, 0.6) is 0 Å². The first-order valence-corrected chi connectivity index (χ1v) is 7.21. The number of rotatable bonds is 5. The average Bonchev–Trinajstić information content (AvgIpc) is 3.10. The number of esters is 1. The van der Waals surface area contributed by atoms with Crippen LogP contribution < -0.4 is 0 Å². The molecule has 2 heterocycles. The van der Waals surface area contributed by atoms with Gasteiger partial charge in [0.05, 0.1) is 29.3 Å². The third-order valence-electron chi connectivity index (χ3n) is 3.49. The quantitative estimate of drug-likeness (QED) is 0.675. The smallest absolute Gasteiger partial charge is 0.338 e. The number of carbonyl (C=O) groups excluding carboxylic acids is 1. The van der Waals surface area contributed by atoms with E-state index in [1.54, 1.807) is 42.8 Å². The van der Waals surface area contributed by atoms with E-state index in [1.165, 1.54) is 0 Å². The van der Waals surface area contributed by atoms with Gasteiger partial charge >= 0.3 is 5.97 Å². The molecule has 3 aromatic rings. The molecule has 3 rings (SSSR count). The van der Waals surface area contributed by atoms with Crippen LogP contribution in [0, 0.1) is 17.2 Å². The Hall–Kier alpha value is -3.13. The highest BCUT2D eigenvalue weighted by atomic mass is 16.5. The lowest BCUT2D eigenvalue weighted by molar-refractivity contribution is 0.0468. The molecule has 0 aliphatic heterocycles. The van der Waals surface area contributed by atoms with E-state index >= 15 is 0 Å². The molecule has 1 aromatic carbocycles. The summed E-state index contributed by atoms with van der Waals surface area (Å²) < 4.78 is 10.5. The summed E-state index contributed by atoms with van der Waals surface area (Å²) in [5, 5.41) is 9.92. The van der Waals surface area contributed by atoms with Crippen LogP contribution in [0.4, 0.5) is 0 Å². The third-order valence-corrected chi connectivity index (χ3v) is 3.49. The van der Waals surface area contributed by atoms with Crippen molar-refractivity contribution in [2.45, 2.75) is 6.42 Å². The second kappa shape index (κ2) is 6.75. The predicted molar refractivity (Wildman–Crippen MR) is 83.5 cm³/mol. The number of hydrogen-bond acceptors (Lipinski definition) is 5. The molecular formula is C18H14N2O3. The van der Waals surface area contributed by atoms with Crippen LogP contribution in [0.1, 0.15) is 16.1 Å². The number of pyridine rings is 1. The Morgan fingerprint density at radius 3 is 2.96 bits per heavy atom. The van der Waals surface area contributed by atoms with E-state index in [-0.39, 0.29) is 6.61 Å². The highest BCUT2D eigenvalue weighted by molar-refractivity contribution is 6.03. The second-order valence-electron chi connectivity index (χ2n) is 5.08. The highest BCUT2D eigenvalue weighted by Gasteiger charge is 2.16. The van der Waals surface area contributed by atoms with Gasteiger partial charge in [0.2, 0.25) is 0 Å². The zero-order valence-corrected chi connectivity index (χ0v) is 12.3. The lowest BCUT2D eigenvalue weighted by Gasteiger charge is -2.10. The summed E-state index contributed by atoms with van der Waals surface area (Å²) in [5.41, 5.74) is 1.18. The van der Waals surface area contributed by atoms with Crippen molar-refractivity contribution in [3.8, 4) is 6.07 Å². The zero-order chi connectivity index (χ0) is 16.1. The minimum absolute atomic E-state index is 0.0205. The molecule has 0 radical (unpaired) electrons. The van der Waals surface area contributed by atoms with E-state index in [4.69, 9.17) is 9.15 Å². The van der Waals surface area contributed by atoms with Crippen molar-refractivity contribution < 1.29 is 13.9 Å². The molecule has 0 amide bonds. The van der Waals surface area contributed by atoms with Gasteiger partial charge in [-0.25, -0.2) is 4.79 Å². The summed E-state index contributed by atoms with van der Waals surface area (Å²) in [6.45, 7) is 0.0205. The Morgan fingerprint density at radius 2 is 2.17 bits per heavy atom. The molecule has 0 bridgehead atoms. The van der Waals surface area contributed by atoms with Crippen LogP contribution in [0.25, 0.3) is 10.9 Å². The molecule has 5 heteroatoms. The predicted octanol–water partition coefficient (Wildman–Crippen LogP) is 3.37. The fraction of sp³-hybridized carbons (Fsp3) is 0.167. The Bertz CT molecular complexity index is 845. The first kappa shape index (κ1) is 14.8. The lowest BCUT2D eigenvalue weighted by Crippen LogP contribution is -2.15. The van der Waals surface area contributed by atoms with Gasteiger partial charge in [0.25, 0.3) is 0 Å². The number of carbonyl (C=O) groups is 1. The first-order valence-electron chi connectivity index (χ1n) is 7.21. The first-order chi connectivity index (χ1) is 11.3. The summed E-state index contributed by atoms with van der Waals surface area (Å²) in [6.07, 6.45) is 3.64. The van der Waals surface area contributed by atoms with E-state index in [0.29, 0.717) is 17.7 Å². The molecule has 1 atom stereocenters. The van der Waals surface area contributed by atoms with E-state index in [2.05, 4.69) is 11.1 Å². The molecule has 5 nitrogen and oxygen atoms in total. The van der Waals surface area contributed by atoms with Gasteiger partial charge in [-0.05, 0) is 30.3 Å². The number of fused-ring (bicyclic) bond motifs is 1. The SMILES string of the molecule is N#C[C@@H](COC(=O)c1cccc2ncccc12)Cc1ccco1. The standard InChI is InChI=1S/C18H14N2O3/c19-11-13(10-14-4-3-9-22-14)12-23-18(21)16-5-1-7-17-15(16)6-2-8-20-17/h1-9,13H,10,12H2/t13-/m0/s1. The minimum Gasteiger partial charge on any atom is -0.469 e. The van der Waals surface area contributed by atoms with Crippen LogP contribution in [-0.2, 0) is 11.2 Å². The van der Waals surface area contributed by atoms with Crippen molar-refractivity contribution in [3.05, 3.63) is 66.2 Å². The largest absolute Gasteiger partial charge is 0.469 e. The molecular weight excluding hydrogens is 292 g/mol. The van der Waals surface area contributed by atoms with Gasteiger partial charge in [-0.15, -0.1) is 0 Å². The van der Waals surface area contributed by atoms with E-state index in [9.17, 15) is 10.1 Å². The number of hydrogen-bond donors (Lipinski definition) is 0. The number of nitrogens with zero attached hydrogens (tertiary/aromatic N) is 2. The number of ether oxygens (including phenoxy) is 1. The van der Waals surface area contributed by atoms with Gasteiger partial charge in [-0.2, -0.15) is 5.26 Å². The maximum Gasteiger partial charge on any atom is 0.338 e. The van der Waals surface area contributed by atoms with Crippen LogP contribution in [-0.4, -0.2) is 17.6 Å². The van der Waals surface area contributed by atoms with Gasteiger partial charge in [0.1, 0.15) is 12.4 Å². The number of furan rings is 1. The maximum atomic E-state index is 12.3. The fourth-order valence-electron chi connectivity index (χ4n) is 2.35. The molecule has 0 fully saturated rings. The Morgan fingerprint density at radius 1 is 1.26 bits per heavy atom. The van der Waals surface area contributed by atoms with Gasteiger partial charge in [0.15, 0.2) is 0 Å². The molecule has 0 saturated heterocycles. The third kappa shape index (κ3) is 3.38. The number of benzene rings is 1. The Kier molecular flexibility index (Phi) is 4.34. The van der Waals surface area contributed by atoms with Crippen LogP contribution in [0.2, 0.25) is 0 Å². The molecule has 114 valence electrons. The van der Waals surface area contributed by atoms with Crippen LogP contribution in [0.3, 0.4) is 0 Å². The number of aromatic nitrogens is 1. The van der Waals surface area contributed by atoms with Crippen LogP contribution in [0.15, 0.2) is 59.3 Å². The molecule has 2 aromatic heterocycles. The molecule has 0 N–H and O–H groups in total. The average molecular weight is 306 g/mol. The molecule has 0 unspecified atom stereocenters.